The average Bonchev–Trinajstić information content (AvgIpc) is 3.55. The molecule has 0 radical (unpaired) electrons. The van der Waals surface area contributed by atoms with E-state index in [0.29, 0.717) is 17.0 Å². The normalized spacial score (nSPS) is 14.6. The van der Waals surface area contributed by atoms with Crippen LogP contribution in [-0.2, 0) is 11.3 Å². The summed E-state index contributed by atoms with van der Waals surface area (Å²) in [5.74, 6) is -0.416. The molecule has 1 aliphatic carbocycles. The van der Waals surface area contributed by atoms with Crippen LogP contribution in [0.5, 0.6) is 5.75 Å². The number of carbonyl (C=O) groups excluding carboxylic acids is 2. The fourth-order valence-corrected chi connectivity index (χ4v) is 2.97. The molecule has 5 N–H and O–H groups in total. The van der Waals surface area contributed by atoms with Gasteiger partial charge >= 0.3 is 0 Å². The predicted molar refractivity (Wildman–Crippen MR) is 114 cm³/mol. The smallest absolute Gasteiger partial charge is 0.273 e. The number of rotatable bonds is 8. The quantitative estimate of drug-likeness (QED) is 0.401. The predicted octanol–water partition coefficient (Wildman–Crippen LogP) is 1.45. The molecule has 3 aromatic rings. The molecule has 0 spiro atoms. The van der Waals surface area contributed by atoms with Gasteiger partial charge in [0.1, 0.15) is 0 Å². The molecule has 12 heteroatoms. The summed E-state index contributed by atoms with van der Waals surface area (Å²) >= 11 is 0. The number of methoxy groups -OCH3 is 1. The maximum Gasteiger partial charge on any atom is 0.273 e. The lowest BCUT2D eigenvalue weighted by atomic mass is 10.1. The Bertz CT molecular complexity index is 1260. The van der Waals surface area contributed by atoms with Crippen molar-refractivity contribution < 1.29 is 23.0 Å². The lowest BCUT2D eigenvalue weighted by Crippen LogP contribution is -2.22. The van der Waals surface area contributed by atoms with Crippen LogP contribution in [-0.4, -0.2) is 46.2 Å². The standard InChI is InChI=1S/C20H22N8O4/c1-22-20(30)16-13(8-14(26-27-16)24-19(29)10-6-7-10)23-12-5-3-4-11(17(12)31-2)18-25-15(9-21)32-28-18/h3-5,8,10H,6-7,9,21H2,1-2H3,(H,22,30)(H2,23,24,26,29)/i1D3. The van der Waals surface area contributed by atoms with Crippen molar-refractivity contribution >= 4 is 29.0 Å². The number of nitrogens with two attached hydrogens (primary N) is 1. The highest BCUT2D eigenvalue weighted by molar-refractivity contribution is 6.00. The van der Waals surface area contributed by atoms with Crippen molar-refractivity contribution in [1.29, 1.82) is 0 Å². The number of nitrogens with one attached hydrogen (secondary N) is 3. The topological polar surface area (TPSA) is 170 Å². The maximum atomic E-state index is 12.6. The van der Waals surface area contributed by atoms with Gasteiger partial charge in [0, 0.05) is 23.1 Å². The zero-order valence-corrected chi connectivity index (χ0v) is 17.0. The van der Waals surface area contributed by atoms with Gasteiger partial charge in [0.25, 0.3) is 5.91 Å². The Morgan fingerprint density at radius 2 is 2.16 bits per heavy atom. The number of ether oxygens (including phenoxy) is 1. The van der Waals surface area contributed by atoms with Gasteiger partial charge < -0.3 is 30.9 Å². The molecule has 1 fully saturated rings. The van der Waals surface area contributed by atoms with E-state index >= 15 is 0 Å². The summed E-state index contributed by atoms with van der Waals surface area (Å²) in [6.07, 6.45) is 1.57. The first-order chi connectivity index (χ1) is 16.7. The van der Waals surface area contributed by atoms with Crippen molar-refractivity contribution in [2.75, 3.05) is 24.7 Å². The lowest BCUT2D eigenvalue weighted by Gasteiger charge is -2.16. The van der Waals surface area contributed by atoms with E-state index in [0.717, 1.165) is 12.8 Å². The average molecular weight is 441 g/mol. The van der Waals surface area contributed by atoms with Crippen molar-refractivity contribution in [3.05, 3.63) is 35.9 Å². The van der Waals surface area contributed by atoms with E-state index in [-0.39, 0.29) is 47.3 Å². The summed E-state index contributed by atoms with van der Waals surface area (Å²) in [6, 6.07) is 6.42. The SMILES string of the molecule is [2H]C([2H])([2H])NC(=O)c1nnc(NC(=O)C2CC2)cc1Nc1cccc(-c2noc(CN)n2)c1OC. The van der Waals surface area contributed by atoms with E-state index in [9.17, 15) is 9.59 Å². The molecule has 0 atom stereocenters. The molecular weight excluding hydrogens is 416 g/mol. The number of hydrogen-bond donors (Lipinski definition) is 4. The third-order valence-corrected chi connectivity index (χ3v) is 4.69. The fourth-order valence-electron chi connectivity index (χ4n) is 2.97. The Morgan fingerprint density at radius 3 is 2.84 bits per heavy atom. The number of aromatic nitrogens is 4. The van der Waals surface area contributed by atoms with Crippen LogP contribution in [0, 0.1) is 5.92 Å². The van der Waals surface area contributed by atoms with Crippen LogP contribution >= 0.6 is 0 Å². The van der Waals surface area contributed by atoms with E-state index in [2.05, 4.69) is 31.0 Å². The first-order valence-corrected chi connectivity index (χ1v) is 9.66. The first kappa shape index (κ1) is 17.6. The zero-order valence-electron chi connectivity index (χ0n) is 20.0. The summed E-state index contributed by atoms with van der Waals surface area (Å²) in [5.41, 5.74) is 6.17. The van der Waals surface area contributed by atoms with E-state index in [1.807, 2.05) is 5.32 Å². The molecule has 2 aromatic heterocycles. The third kappa shape index (κ3) is 4.34. The number of benzene rings is 1. The van der Waals surface area contributed by atoms with Crippen molar-refractivity contribution in [2.45, 2.75) is 19.4 Å². The highest BCUT2D eigenvalue weighted by Gasteiger charge is 2.30. The molecular formula is C20H22N8O4. The molecule has 166 valence electrons. The van der Waals surface area contributed by atoms with Gasteiger partial charge in [-0.25, -0.2) is 0 Å². The molecule has 0 aliphatic heterocycles. The number of amides is 2. The number of carbonyl (C=O) groups is 2. The molecule has 0 bridgehead atoms. The van der Waals surface area contributed by atoms with Crippen molar-refractivity contribution in [2.24, 2.45) is 11.7 Å². The van der Waals surface area contributed by atoms with Crippen LogP contribution in [0.1, 0.15) is 33.3 Å². The Balaban J connectivity index is 1.72. The van der Waals surface area contributed by atoms with Gasteiger partial charge in [-0.1, -0.05) is 11.2 Å². The summed E-state index contributed by atoms with van der Waals surface area (Å²) in [6.45, 7) is -2.68. The van der Waals surface area contributed by atoms with Gasteiger partial charge in [-0.3, -0.25) is 9.59 Å². The second kappa shape index (κ2) is 8.98. The number of anilines is 3. The Labute approximate surface area is 187 Å². The number of nitrogens with zero attached hydrogens (tertiary/aromatic N) is 4. The molecule has 12 nitrogen and oxygen atoms in total. The molecule has 0 saturated heterocycles. The maximum absolute atomic E-state index is 12.6. The fraction of sp³-hybridized carbons (Fsp3) is 0.300. The van der Waals surface area contributed by atoms with E-state index in [1.165, 1.54) is 13.2 Å². The molecule has 1 saturated carbocycles. The minimum absolute atomic E-state index is 0.0628. The molecule has 1 aliphatic rings. The molecule has 2 amide bonds. The van der Waals surface area contributed by atoms with Crippen LogP contribution in [0.15, 0.2) is 28.8 Å². The second-order valence-corrected chi connectivity index (χ2v) is 6.94. The monoisotopic (exact) mass is 441 g/mol. The zero-order chi connectivity index (χ0) is 25.2. The number of hydrogen-bond acceptors (Lipinski definition) is 10. The van der Waals surface area contributed by atoms with Gasteiger partial charge in [0.2, 0.25) is 17.6 Å². The van der Waals surface area contributed by atoms with Gasteiger partial charge in [0.15, 0.2) is 17.3 Å². The van der Waals surface area contributed by atoms with Gasteiger partial charge in [-0.2, -0.15) is 4.98 Å². The van der Waals surface area contributed by atoms with Gasteiger partial charge in [0.05, 0.1) is 30.6 Å². The van der Waals surface area contributed by atoms with Gasteiger partial charge in [-0.05, 0) is 25.0 Å². The van der Waals surface area contributed by atoms with E-state index in [1.54, 1.807) is 18.2 Å². The Hall–Kier alpha value is -4.06. The molecule has 4 rings (SSSR count). The molecule has 0 unspecified atom stereocenters. The lowest BCUT2D eigenvalue weighted by molar-refractivity contribution is -0.117. The molecule has 1 aromatic carbocycles. The highest BCUT2D eigenvalue weighted by Crippen LogP contribution is 2.37. The van der Waals surface area contributed by atoms with Crippen LogP contribution in [0.2, 0.25) is 0 Å². The van der Waals surface area contributed by atoms with Crippen LogP contribution in [0.3, 0.4) is 0 Å². The van der Waals surface area contributed by atoms with Crippen LogP contribution < -0.4 is 26.4 Å². The molecule has 32 heavy (non-hydrogen) atoms. The minimum atomic E-state index is -2.74. The van der Waals surface area contributed by atoms with Gasteiger partial charge in [-0.15, -0.1) is 10.2 Å². The van der Waals surface area contributed by atoms with Crippen LogP contribution in [0.25, 0.3) is 11.4 Å². The summed E-state index contributed by atoms with van der Waals surface area (Å²) in [4.78, 5) is 29.0. The second-order valence-electron chi connectivity index (χ2n) is 6.94. The third-order valence-electron chi connectivity index (χ3n) is 4.69. The largest absolute Gasteiger partial charge is 0.494 e. The Kier molecular flexibility index (Phi) is 4.94. The van der Waals surface area contributed by atoms with Crippen molar-refractivity contribution in [3.63, 3.8) is 0 Å². The number of para-hydroxylation sites is 1. The minimum Gasteiger partial charge on any atom is -0.494 e. The first-order valence-electron chi connectivity index (χ1n) is 11.2. The summed E-state index contributed by atoms with van der Waals surface area (Å²) < 4.78 is 32.6. The van der Waals surface area contributed by atoms with Crippen LogP contribution in [0.4, 0.5) is 17.2 Å². The highest BCUT2D eigenvalue weighted by atomic mass is 16.5. The summed E-state index contributed by atoms with van der Waals surface area (Å²) in [5, 5.41) is 19.2. The van der Waals surface area contributed by atoms with Crippen molar-refractivity contribution in [3.8, 4) is 17.1 Å². The Morgan fingerprint density at radius 1 is 1.31 bits per heavy atom. The van der Waals surface area contributed by atoms with E-state index < -0.39 is 12.9 Å². The summed E-state index contributed by atoms with van der Waals surface area (Å²) in [7, 11) is 1.43. The van der Waals surface area contributed by atoms with Crippen molar-refractivity contribution in [1.82, 2.24) is 25.7 Å². The molecule has 2 heterocycles. The van der Waals surface area contributed by atoms with E-state index in [4.69, 9.17) is 19.1 Å².